The minimum Gasteiger partial charge on any atom is -0.309 e. The fourth-order valence-corrected chi connectivity index (χ4v) is 13.2. The molecule has 0 saturated heterocycles. The first kappa shape index (κ1) is 34.6. The quantitative estimate of drug-likeness (QED) is 0.165. The fraction of sp³-hybridized carbons (Fsp3) is 0.0645. The van der Waals surface area contributed by atoms with Crippen molar-refractivity contribution in [2.45, 2.75) is 23.7 Å². The highest BCUT2D eigenvalue weighted by Crippen LogP contribution is 2.68. The van der Waals surface area contributed by atoms with Gasteiger partial charge in [0.15, 0.2) is 0 Å². The van der Waals surface area contributed by atoms with Crippen LogP contribution in [0.1, 0.15) is 57.3 Å². The average Bonchev–Trinajstić information content (AvgIpc) is 4.07. The van der Waals surface area contributed by atoms with E-state index >= 15 is 0 Å². The summed E-state index contributed by atoms with van der Waals surface area (Å²) in [7, 11) is 0. The smallest absolute Gasteiger partial charge is 0.0720 e. The van der Waals surface area contributed by atoms with Gasteiger partial charge in [-0.05, 0) is 128 Å². The number of allylic oxidation sites excluding steroid dienone is 4. The van der Waals surface area contributed by atoms with Gasteiger partial charge in [0.2, 0.25) is 0 Å². The summed E-state index contributed by atoms with van der Waals surface area (Å²) >= 11 is 0. The van der Waals surface area contributed by atoms with Crippen molar-refractivity contribution in [1.82, 2.24) is 9.13 Å². The Morgan fingerprint density at radius 1 is 0.297 bits per heavy atom. The summed E-state index contributed by atoms with van der Waals surface area (Å²) in [5.74, 6) is 0. The van der Waals surface area contributed by atoms with Crippen LogP contribution in [0.25, 0.3) is 71.7 Å². The second-order valence-electron chi connectivity index (χ2n) is 18.1. The van der Waals surface area contributed by atoms with Crippen molar-refractivity contribution < 1.29 is 0 Å². The van der Waals surface area contributed by atoms with E-state index in [0.717, 1.165) is 12.8 Å². The van der Waals surface area contributed by atoms with E-state index in [4.69, 9.17) is 0 Å². The monoisotopic (exact) mass is 812 g/mol. The predicted molar refractivity (Wildman–Crippen MR) is 264 cm³/mol. The molecule has 2 heteroatoms. The standard InChI is InChI=1S/C62H40N2/c1-9-25-49-41(17-1)42-18-2-10-26-50(42)61(49)53-35-33-40(64-59-31-15-7-23-47(59)48-24-8-16-32-60(48)64)38-56(53)62(51-27-11-3-19-43(51)44-20-4-12-28-52(44)62)54-36-34-39(37-55(54)61)63-57-29-13-5-21-45(57)46-22-6-14-30-58(46)63/h1-3,5-11,13-38H,4,12H2. The zero-order valence-corrected chi connectivity index (χ0v) is 35.1. The summed E-state index contributed by atoms with van der Waals surface area (Å²) in [6, 6.07) is 78.6. The fourth-order valence-electron chi connectivity index (χ4n) is 13.2. The molecule has 2 aromatic heterocycles. The first-order valence-electron chi connectivity index (χ1n) is 22.8. The van der Waals surface area contributed by atoms with Gasteiger partial charge >= 0.3 is 0 Å². The highest BCUT2D eigenvalue weighted by molar-refractivity contribution is 6.10. The highest BCUT2D eigenvalue weighted by atomic mass is 15.0. The van der Waals surface area contributed by atoms with Gasteiger partial charge in [-0.15, -0.1) is 0 Å². The van der Waals surface area contributed by atoms with Crippen LogP contribution in [0.3, 0.4) is 0 Å². The van der Waals surface area contributed by atoms with Crippen LogP contribution in [0.2, 0.25) is 0 Å². The van der Waals surface area contributed by atoms with Crippen molar-refractivity contribution in [1.29, 1.82) is 0 Å². The van der Waals surface area contributed by atoms with E-state index < -0.39 is 10.8 Å². The molecule has 0 bridgehead atoms. The van der Waals surface area contributed by atoms with E-state index in [2.05, 4.69) is 228 Å². The van der Waals surface area contributed by atoms with Crippen molar-refractivity contribution >= 4 is 49.2 Å². The molecule has 0 N–H and O–H groups in total. The summed E-state index contributed by atoms with van der Waals surface area (Å²) in [5, 5.41) is 5.09. The topological polar surface area (TPSA) is 9.86 Å². The molecule has 4 aliphatic carbocycles. The Hall–Kier alpha value is -7.94. The second-order valence-corrected chi connectivity index (χ2v) is 18.1. The van der Waals surface area contributed by atoms with Crippen LogP contribution in [-0.2, 0) is 10.8 Å². The van der Waals surface area contributed by atoms with Gasteiger partial charge in [0.25, 0.3) is 0 Å². The molecule has 2 spiro atoms. The van der Waals surface area contributed by atoms with Gasteiger partial charge in [0.05, 0.1) is 32.9 Å². The van der Waals surface area contributed by atoms with E-state index in [1.807, 2.05) is 0 Å². The minimum absolute atomic E-state index is 0.570. The molecule has 2 heterocycles. The SMILES string of the molecule is C1=C2C(=CCC1)C1(c3ccccc32)c2cc(-n3c4ccccc4c4ccccc43)ccc2C2(c3ccccc3-c3ccccc32)c2cc(-n3c4ccccc4c4ccccc43)ccc21. The summed E-state index contributed by atoms with van der Waals surface area (Å²) in [6.45, 7) is 0. The average molecular weight is 813 g/mol. The van der Waals surface area contributed by atoms with E-state index in [0.29, 0.717) is 0 Å². The van der Waals surface area contributed by atoms with Crippen molar-refractivity contribution in [3.8, 4) is 22.5 Å². The molecule has 1 atom stereocenters. The molecule has 4 aliphatic rings. The van der Waals surface area contributed by atoms with Gasteiger partial charge in [0.1, 0.15) is 0 Å². The minimum atomic E-state index is -0.603. The Labute approximate surface area is 371 Å². The molecule has 0 saturated carbocycles. The summed E-state index contributed by atoms with van der Waals surface area (Å²) in [6.07, 6.45) is 7.17. The molecule has 2 nitrogen and oxygen atoms in total. The Morgan fingerprint density at radius 2 is 0.672 bits per heavy atom. The number of benzene rings is 9. The van der Waals surface area contributed by atoms with E-state index in [-0.39, 0.29) is 0 Å². The molecule has 1 unspecified atom stereocenters. The lowest BCUT2D eigenvalue weighted by Gasteiger charge is -2.49. The maximum absolute atomic E-state index is 2.60. The lowest BCUT2D eigenvalue weighted by atomic mass is 9.52. The number of rotatable bonds is 2. The third-order valence-corrected chi connectivity index (χ3v) is 15.4. The molecule has 11 aromatic rings. The predicted octanol–water partition coefficient (Wildman–Crippen LogP) is 15.0. The van der Waals surface area contributed by atoms with E-state index in [9.17, 15) is 0 Å². The Balaban J connectivity index is 1.15. The number of fused-ring (bicyclic) bond motifs is 22. The Kier molecular flexibility index (Phi) is 6.69. The van der Waals surface area contributed by atoms with Crippen molar-refractivity contribution in [2.75, 3.05) is 0 Å². The van der Waals surface area contributed by atoms with Gasteiger partial charge < -0.3 is 9.13 Å². The zero-order chi connectivity index (χ0) is 41.7. The molecule has 0 radical (unpaired) electrons. The van der Waals surface area contributed by atoms with Crippen LogP contribution in [-0.4, -0.2) is 9.13 Å². The van der Waals surface area contributed by atoms with Gasteiger partial charge in [-0.2, -0.15) is 0 Å². The van der Waals surface area contributed by atoms with Gasteiger partial charge in [0, 0.05) is 32.9 Å². The van der Waals surface area contributed by atoms with Crippen LogP contribution in [0.5, 0.6) is 0 Å². The third kappa shape index (κ3) is 4.04. The first-order valence-corrected chi connectivity index (χ1v) is 22.8. The number of nitrogens with zero attached hydrogens (tertiary/aromatic N) is 2. The summed E-state index contributed by atoms with van der Waals surface area (Å²) in [4.78, 5) is 0. The largest absolute Gasteiger partial charge is 0.309 e. The van der Waals surface area contributed by atoms with Gasteiger partial charge in [-0.25, -0.2) is 0 Å². The lowest BCUT2D eigenvalue weighted by Crippen LogP contribution is -2.44. The molecule has 298 valence electrons. The molecule has 0 aliphatic heterocycles. The molecule has 0 amide bonds. The summed E-state index contributed by atoms with van der Waals surface area (Å²) in [5.41, 5.74) is 22.3. The van der Waals surface area contributed by atoms with Crippen LogP contribution >= 0.6 is 0 Å². The van der Waals surface area contributed by atoms with Crippen LogP contribution in [0.4, 0.5) is 0 Å². The van der Waals surface area contributed by atoms with E-state index in [1.165, 1.54) is 122 Å². The normalized spacial score (nSPS) is 17.3. The molecule has 0 fully saturated rings. The third-order valence-electron chi connectivity index (χ3n) is 15.4. The maximum atomic E-state index is 2.60. The lowest BCUT2D eigenvalue weighted by molar-refractivity contribution is 0.629. The van der Waals surface area contributed by atoms with Crippen molar-refractivity contribution in [3.63, 3.8) is 0 Å². The number of hydrogen-bond donors (Lipinski definition) is 0. The van der Waals surface area contributed by atoms with Crippen LogP contribution in [0, 0.1) is 0 Å². The van der Waals surface area contributed by atoms with Crippen LogP contribution < -0.4 is 0 Å². The number of hydrogen-bond acceptors (Lipinski definition) is 0. The molecular weight excluding hydrogens is 773 g/mol. The first-order chi connectivity index (χ1) is 31.8. The van der Waals surface area contributed by atoms with E-state index in [1.54, 1.807) is 0 Å². The Morgan fingerprint density at radius 3 is 1.17 bits per heavy atom. The second kappa shape index (κ2) is 12.4. The van der Waals surface area contributed by atoms with Crippen molar-refractivity contribution in [3.05, 3.63) is 268 Å². The van der Waals surface area contributed by atoms with Gasteiger partial charge in [-0.1, -0.05) is 170 Å². The van der Waals surface area contributed by atoms with Crippen molar-refractivity contribution in [2.24, 2.45) is 0 Å². The summed E-state index contributed by atoms with van der Waals surface area (Å²) < 4.78 is 5.02. The number of aromatic nitrogens is 2. The molecule has 64 heavy (non-hydrogen) atoms. The Bertz CT molecular complexity index is 3770. The molecule has 15 rings (SSSR count). The highest BCUT2D eigenvalue weighted by Gasteiger charge is 2.60. The zero-order valence-electron chi connectivity index (χ0n) is 35.1. The number of para-hydroxylation sites is 4. The molecular formula is C62H40N2. The molecule has 9 aromatic carbocycles. The maximum Gasteiger partial charge on any atom is 0.0720 e. The van der Waals surface area contributed by atoms with Crippen LogP contribution in [0.15, 0.2) is 224 Å². The van der Waals surface area contributed by atoms with Gasteiger partial charge in [-0.3, -0.25) is 0 Å².